The molecule has 1 radical (unpaired) electrons. The molecule has 2 bridgehead atoms. The van der Waals surface area contributed by atoms with Crippen LogP contribution in [0.2, 0.25) is 0 Å². The number of nitrogens with zero attached hydrogens (tertiary/aromatic N) is 1. The third-order valence-corrected chi connectivity index (χ3v) is 5.54. The standard InChI is InChI=1S/C17H17N2O2S/c1-21-14-5-3-2-4-12(14)15-16(20)19-17(22-15)18-13-9-10-6-7-11(13)8-10/h2-7,10-11,13H,8-9H2,1H3,(H,18,19,20). The van der Waals surface area contributed by atoms with Crippen LogP contribution in [0.5, 0.6) is 5.75 Å². The number of nitrogens with one attached hydrogen (secondary N) is 1. The van der Waals surface area contributed by atoms with Gasteiger partial charge in [0, 0.05) is 11.6 Å². The molecule has 22 heavy (non-hydrogen) atoms. The summed E-state index contributed by atoms with van der Waals surface area (Å²) in [5, 5.41) is 4.81. The van der Waals surface area contributed by atoms with E-state index in [0.717, 1.165) is 17.2 Å². The van der Waals surface area contributed by atoms with Crippen LogP contribution < -0.4 is 10.1 Å². The second-order valence-corrected chi connectivity index (χ2v) is 6.88. The molecule has 1 aromatic rings. The van der Waals surface area contributed by atoms with Gasteiger partial charge in [-0.15, -0.1) is 0 Å². The van der Waals surface area contributed by atoms with Gasteiger partial charge in [-0.05, 0) is 30.7 Å². The first kappa shape index (κ1) is 13.9. The number of ether oxygens (including phenoxy) is 1. The van der Waals surface area contributed by atoms with Crippen molar-refractivity contribution in [3.63, 3.8) is 0 Å². The van der Waals surface area contributed by atoms with Gasteiger partial charge in [0.15, 0.2) is 10.4 Å². The summed E-state index contributed by atoms with van der Waals surface area (Å²) in [5.74, 6) is 1.80. The van der Waals surface area contributed by atoms with E-state index in [4.69, 9.17) is 4.74 Å². The average molecular weight is 313 g/mol. The molecule has 3 atom stereocenters. The minimum atomic E-state index is -0.185. The zero-order valence-corrected chi connectivity index (χ0v) is 13.1. The largest absolute Gasteiger partial charge is 0.496 e. The van der Waals surface area contributed by atoms with E-state index in [1.807, 2.05) is 24.3 Å². The smallest absolute Gasteiger partial charge is 0.271 e. The maximum Gasteiger partial charge on any atom is 0.271 e. The Bertz CT molecular complexity index is 670. The highest BCUT2D eigenvalue weighted by Crippen LogP contribution is 2.42. The molecule has 5 heteroatoms. The molecule has 1 fully saturated rings. The Morgan fingerprint density at radius 1 is 1.27 bits per heavy atom. The number of amides is 1. The van der Waals surface area contributed by atoms with E-state index in [1.54, 1.807) is 7.11 Å². The van der Waals surface area contributed by atoms with E-state index in [1.165, 1.54) is 18.2 Å². The molecule has 1 N–H and O–H groups in total. The first-order chi connectivity index (χ1) is 10.7. The second-order valence-electron chi connectivity index (χ2n) is 5.88. The molecular formula is C17H17N2O2S. The summed E-state index contributed by atoms with van der Waals surface area (Å²) >= 11 is 1.42. The molecule has 2 aliphatic carbocycles. The lowest BCUT2D eigenvalue weighted by Gasteiger charge is -2.20. The number of rotatable bonds is 3. The van der Waals surface area contributed by atoms with Crippen LogP contribution in [0.3, 0.4) is 0 Å². The van der Waals surface area contributed by atoms with Crippen LogP contribution in [0, 0.1) is 17.1 Å². The lowest BCUT2D eigenvalue weighted by Crippen LogP contribution is -2.35. The van der Waals surface area contributed by atoms with Crippen molar-refractivity contribution in [2.75, 3.05) is 7.11 Å². The predicted octanol–water partition coefficient (Wildman–Crippen LogP) is 2.76. The topological polar surface area (TPSA) is 50.7 Å². The number of carbonyl (C=O) groups is 1. The minimum Gasteiger partial charge on any atom is -0.496 e. The molecule has 113 valence electrons. The number of benzene rings is 1. The summed E-state index contributed by atoms with van der Waals surface area (Å²) in [7, 11) is 1.62. The zero-order valence-electron chi connectivity index (χ0n) is 12.3. The first-order valence-electron chi connectivity index (χ1n) is 7.50. The fourth-order valence-electron chi connectivity index (χ4n) is 3.48. The molecule has 1 heterocycles. The van der Waals surface area contributed by atoms with Crippen molar-refractivity contribution in [2.24, 2.45) is 16.8 Å². The van der Waals surface area contributed by atoms with E-state index >= 15 is 0 Å². The number of hydrogen-bond donors (Lipinski definition) is 1. The summed E-state index contributed by atoms with van der Waals surface area (Å²) in [6.45, 7) is 0. The highest BCUT2D eigenvalue weighted by Gasteiger charge is 2.39. The Balaban J connectivity index is 1.48. The molecule has 4 nitrogen and oxygen atoms in total. The number of para-hydroxylation sites is 1. The average Bonchev–Trinajstić information content (AvgIpc) is 3.23. The third-order valence-electron chi connectivity index (χ3n) is 4.54. The van der Waals surface area contributed by atoms with Crippen LogP contribution in [0.25, 0.3) is 0 Å². The number of allylic oxidation sites excluding steroid dienone is 1. The van der Waals surface area contributed by atoms with Gasteiger partial charge >= 0.3 is 0 Å². The summed E-state index contributed by atoms with van der Waals surface area (Å²) < 4.78 is 5.35. The Morgan fingerprint density at radius 3 is 2.86 bits per heavy atom. The molecule has 1 amide bonds. The zero-order chi connectivity index (χ0) is 15.1. The first-order valence-corrected chi connectivity index (χ1v) is 8.32. The van der Waals surface area contributed by atoms with Crippen LogP contribution in [0.1, 0.15) is 18.4 Å². The number of amidine groups is 1. The Morgan fingerprint density at radius 2 is 2.14 bits per heavy atom. The Hall–Kier alpha value is -1.75. The normalized spacial score (nSPS) is 30.0. The van der Waals surface area contributed by atoms with Crippen molar-refractivity contribution >= 4 is 22.8 Å². The van der Waals surface area contributed by atoms with Gasteiger partial charge in [-0.3, -0.25) is 4.79 Å². The van der Waals surface area contributed by atoms with E-state index in [2.05, 4.69) is 22.5 Å². The van der Waals surface area contributed by atoms with E-state index in [9.17, 15) is 4.79 Å². The molecule has 3 unspecified atom stereocenters. The van der Waals surface area contributed by atoms with E-state index < -0.39 is 0 Å². The molecular weight excluding hydrogens is 296 g/mol. The molecule has 3 aliphatic rings. The van der Waals surface area contributed by atoms with Crippen molar-refractivity contribution in [3.05, 3.63) is 47.2 Å². The van der Waals surface area contributed by atoms with Crippen LogP contribution >= 0.6 is 11.8 Å². The number of hydrogen-bond acceptors (Lipinski definition) is 4. The highest BCUT2D eigenvalue weighted by atomic mass is 32.2. The highest BCUT2D eigenvalue weighted by molar-refractivity contribution is 8.17. The summed E-state index contributed by atoms with van der Waals surface area (Å²) in [6.07, 6.45) is 6.97. The quantitative estimate of drug-likeness (QED) is 0.872. The van der Waals surface area contributed by atoms with Crippen molar-refractivity contribution in [3.8, 4) is 5.75 Å². The van der Waals surface area contributed by atoms with Crippen molar-refractivity contribution in [2.45, 2.75) is 18.9 Å². The number of thioether (sulfide) groups is 1. The fraction of sp³-hybridized carbons (Fsp3) is 0.353. The van der Waals surface area contributed by atoms with Crippen molar-refractivity contribution in [1.82, 2.24) is 5.32 Å². The van der Waals surface area contributed by atoms with Gasteiger partial charge in [0.25, 0.3) is 5.91 Å². The number of carbonyl (C=O) groups excluding carboxylic acids is 1. The fourth-order valence-corrected chi connectivity index (χ4v) is 4.42. The molecule has 4 rings (SSSR count). The summed E-state index contributed by atoms with van der Waals surface area (Å²) in [4.78, 5) is 16.4. The van der Waals surface area contributed by atoms with Crippen LogP contribution in [0.4, 0.5) is 0 Å². The molecule has 1 aliphatic heterocycles. The summed E-state index contributed by atoms with van der Waals surface area (Å²) in [6, 6.07) is 7.98. The lowest BCUT2D eigenvalue weighted by molar-refractivity contribution is -0.114. The van der Waals surface area contributed by atoms with Crippen molar-refractivity contribution in [1.29, 1.82) is 0 Å². The molecule has 0 saturated heterocycles. The second kappa shape index (κ2) is 5.47. The van der Waals surface area contributed by atoms with Gasteiger partial charge in [0.1, 0.15) is 5.75 Å². The molecule has 0 spiro atoms. The van der Waals surface area contributed by atoms with Gasteiger partial charge in [-0.25, -0.2) is 0 Å². The maximum absolute atomic E-state index is 12.2. The number of methoxy groups -OCH3 is 1. The van der Waals surface area contributed by atoms with E-state index in [-0.39, 0.29) is 5.91 Å². The Kier molecular flexibility index (Phi) is 3.45. The lowest BCUT2D eigenvalue weighted by atomic mass is 10.0. The minimum absolute atomic E-state index is 0.185. The van der Waals surface area contributed by atoms with Gasteiger partial charge < -0.3 is 10.1 Å². The van der Waals surface area contributed by atoms with Gasteiger partial charge in [0.2, 0.25) is 0 Å². The SMILES string of the molecule is COc1ccccc1[C]1SC(NC2CC3C=CC2C3)=NC1=O. The number of aliphatic imine (C=N–C) groups is 1. The van der Waals surface area contributed by atoms with Crippen LogP contribution in [-0.2, 0) is 4.79 Å². The molecule has 0 aromatic heterocycles. The predicted molar refractivity (Wildman–Crippen MR) is 87.6 cm³/mol. The maximum atomic E-state index is 12.2. The third kappa shape index (κ3) is 2.33. The van der Waals surface area contributed by atoms with Crippen LogP contribution in [0.15, 0.2) is 41.4 Å². The van der Waals surface area contributed by atoms with Crippen molar-refractivity contribution < 1.29 is 9.53 Å². The van der Waals surface area contributed by atoms with E-state index in [0.29, 0.717) is 28.9 Å². The Labute approximate surface area is 134 Å². The van der Waals surface area contributed by atoms with Gasteiger partial charge in [-0.1, -0.05) is 42.1 Å². The van der Waals surface area contributed by atoms with Gasteiger partial charge in [-0.2, -0.15) is 4.99 Å². The number of fused-ring (bicyclic) bond motifs is 2. The summed E-state index contributed by atoms with van der Waals surface area (Å²) in [5.41, 5.74) is 0.813. The molecule has 1 aromatic carbocycles. The van der Waals surface area contributed by atoms with Gasteiger partial charge in [0.05, 0.1) is 7.11 Å². The molecule has 1 saturated carbocycles. The monoisotopic (exact) mass is 313 g/mol. The van der Waals surface area contributed by atoms with Crippen LogP contribution in [-0.4, -0.2) is 24.2 Å².